The maximum absolute atomic E-state index is 13.5. The summed E-state index contributed by atoms with van der Waals surface area (Å²) >= 11 is 0. The Morgan fingerprint density at radius 1 is 1.25 bits per heavy atom. The number of nitrogens with zero attached hydrogens (tertiary/aromatic N) is 3. The minimum atomic E-state index is -0.115. The second-order valence-electron chi connectivity index (χ2n) is 5.22. The number of hydrogen-bond donors (Lipinski definition) is 1. The summed E-state index contributed by atoms with van der Waals surface area (Å²) in [5.74, 6) is -0.115. The molecule has 2 aromatic rings. The van der Waals surface area contributed by atoms with Gasteiger partial charge in [-0.1, -0.05) is 18.2 Å². The fourth-order valence-electron chi connectivity index (χ4n) is 2.30. The number of hydrogen-bond acceptors (Lipinski definition) is 3. The van der Waals surface area contributed by atoms with E-state index in [4.69, 9.17) is 0 Å². The van der Waals surface area contributed by atoms with Crippen molar-refractivity contribution in [3.8, 4) is 0 Å². The summed E-state index contributed by atoms with van der Waals surface area (Å²) in [6.07, 6.45) is 4.90. The Labute approximate surface area is 119 Å². The molecule has 1 heterocycles. The molecule has 0 aliphatic rings. The second kappa shape index (κ2) is 7.14. The maximum Gasteiger partial charge on any atom is 0.137 e. The van der Waals surface area contributed by atoms with Gasteiger partial charge in [0.1, 0.15) is 18.5 Å². The van der Waals surface area contributed by atoms with E-state index >= 15 is 0 Å². The highest BCUT2D eigenvalue weighted by molar-refractivity contribution is 5.17. The van der Waals surface area contributed by atoms with Gasteiger partial charge in [-0.2, -0.15) is 5.10 Å². The topological polar surface area (TPSA) is 42.7 Å². The highest BCUT2D eigenvalue weighted by Gasteiger charge is 2.09. The zero-order chi connectivity index (χ0) is 14.4. The number of rotatable bonds is 7. The standard InChI is InChI=1S/C15H21FN4/c1-12(7-8-14-5-3-4-6-15(14)16)19-13(2)9-20-11-17-10-18-20/h3-6,10-13,19H,7-9H2,1-2H3. The first-order chi connectivity index (χ1) is 9.65. The summed E-state index contributed by atoms with van der Waals surface area (Å²) in [6, 6.07) is 7.59. The summed E-state index contributed by atoms with van der Waals surface area (Å²) < 4.78 is 15.3. The van der Waals surface area contributed by atoms with Gasteiger partial charge in [0.05, 0.1) is 6.54 Å². The molecule has 0 aliphatic heterocycles. The summed E-state index contributed by atoms with van der Waals surface area (Å²) in [7, 11) is 0. The number of aromatic nitrogens is 3. The minimum absolute atomic E-state index is 0.115. The van der Waals surface area contributed by atoms with E-state index in [1.165, 1.54) is 12.4 Å². The van der Waals surface area contributed by atoms with Crippen molar-refractivity contribution in [2.24, 2.45) is 0 Å². The van der Waals surface area contributed by atoms with Gasteiger partial charge < -0.3 is 5.32 Å². The Hall–Kier alpha value is -1.75. The van der Waals surface area contributed by atoms with Crippen LogP contribution in [0.3, 0.4) is 0 Å². The van der Waals surface area contributed by atoms with Crippen molar-refractivity contribution in [1.29, 1.82) is 0 Å². The van der Waals surface area contributed by atoms with E-state index in [2.05, 4.69) is 29.2 Å². The lowest BCUT2D eigenvalue weighted by Gasteiger charge is -2.20. The highest BCUT2D eigenvalue weighted by Crippen LogP contribution is 2.10. The molecule has 0 saturated heterocycles. The van der Waals surface area contributed by atoms with E-state index in [0.29, 0.717) is 12.1 Å². The Kier molecular flexibility index (Phi) is 5.24. The molecule has 1 N–H and O–H groups in total. The average molecular weight is 276 g/mol. The van der Waals surface area contributed by atoms with Crippen LogP contribution in [0.4, 0.5) is 4.39 Å². The number of aryl methyl sites for hydroxylation is 1. The van der Waals surface area contributed by atoms with E-state index in [-0.39, 0.29) is 5.82 Å². The van der Waals surface area contributed by atoms with Gasteiger partial charge in [0, 0.05) is 12.1 Å². The highest BCUT2D eigenvalue weighted by atomic mass is 19.1. The smallest absolute Gasteiger partial charge is 0.137 e. The van der Waals surface area contributed by atoms with Crippen molar-refractivity contribution < 1.29 is 4.39 Å². The van der Waals surface area contributed by atoms with Crippen LogP contribution < -0.4 is 5.32 Å². The first kappa shape index (κ1) is 14.7. The van der Waals surface area contributed by atoms with Crippen LogP contribution in [0.2, 0.25) is 0 Å². The molecule has 2 rings (SSSR count). The third kappa shape index (κ3) is 4.42. The van der Waals surface area contributed by atoms with E-state index in [1.54, 1.807) is 17.1 Å². The monoisotopic (exact) mass is 276 g/mol. The molecule has 4 nitrogen and oxygen atoms in total. The van der Waals surface area contributed by atoms with E-state index in [1.807, 2.05) is 12.1 Å². The molecule has 20 heavy (non-hydrogen) atoms. The SMILES string of the molecule is CC(CCc1ccccc1F)NC(C)Cn1cncn1. The van der Waals surface area contributed by atoms with Gasteiger partial charge in [0.2, 0.25) is 0 Å². The van der Waals surface area contributed by atoms with Crippen molar-refractivity contribution in [3.05, 3.63) is 48.3 Å². The van der Waals surface area contributed by atoms with Gasteiger partial charge in [-0.3, -0.25) is 4.68 Å². The fraction of sp³-hybridized carbons (Fsp3) is 0.467. The van der Waals surface area contributed by atoms with Crippen LogP contribution >= 0.6 is 0 Å². The molecular formula is C15H21FN4. The molecule has 0 saturated carbocycles. The van der Waals surface area contributed by atoms with Gasteiger partial charge in [-0.25, -0.2) is 9.37 Å². The molecule has 1 aromatic heterocycles. The normalized spacial score (nSPS) is 14.2. The average Bonchev–Trinajstić information content (AvgIpc) is 2.90. The predicted octanol–water partition coefficient (Wildman–Crippen LogP) is 2.42. The lowest BCUT2D eigenvalue weighted by Crippen LogP contribution is -2.37. The molecule has 0 spiro atoms. The zero-order valence-corrected chi connectivity index (χ0v) is 12.0. The maximum atomic E-state index is 13.5. The lowest BCUT2D eigenvalue weighted by molar-refractivity contribution is 0.393. The number of benzene rings is 1. The molecule has 0 bridgehead atoms. The van der Waals surface area contributed by atoms with Gasteiger partial charge >= 0.3 is 0 Å². The van der Waals surface area contributed by atoms with Crippen LogP contribution in [0.25, 0.3) is 0 Å². The fourth-order valence-corrected chi connectivity index (χ4v) is 2.30. The quantitative estimate of drug-likeness (QED) is 0.844. The van der Waals surface area contributed by atoms with E-state index in [9.17, 15) is 4.39 Å². The van der Waals surface area contributed by atoms with Gasteiger partial charge in [0.25, 0.3) is 0 Å². The Morgan fingerprint density at radius 3 is 2.75 bits per heavy atom. The van der Waals surface area contributed by atoms with Crippen molar-refractivity contribution in [3.63, 3.8) is 0 Å². The third-order valence-corrected chi connectivity index (χ3v) is 3.30. The van der Waals surface area contributed by atoms with Crippen molar-refractivity contribution in [2.75, 3.05) is 0 Å². The first-order valence-electron chi connectivity index (χ1n) is 6.97. The van der Waals surface area contributed by atoms with Crippen molar-refractivity contribution in [2.45, 2.75) is 45.3 Å². The van der Waals surface area contributed by atoms with Gasteiger partial charge in [-0.15, -0.1) is 0 Å². The molecular weight excluding hydrogens is 255 g/mol. The summed E-state index contributed by atoms with van der Waals surface area (Å²) in [4.78, 5) is 3.92. The molecule has 2 atom stereocenters. The van der Waals surface area contributed by atoms with Crippen molar-refractivity contribution in [1.82, 2.24) is 20.1 Å². The molecule has 0 fully saturated rings. The van der Waals surface area contributed by atoms with Crippen LogP contribution in [-0.2, 0) is 13.0 Å². The number of halogens is 1. The number of nitrogens with one attached hydrogen (secondary N) is 1. The molecule has 2 unspecified atom stereocenters. The molecule has 1 aromatic carbocycles. The van der Waals surface area contributed by atoms with Crippen LogP contribution in [0, 0.1) is 5.82 Å². The van der Waals surface area contributed by atoms with Crippen LogP contribution in [-0.4, -0.2) is 26.8 Å². The third-order valence-electron chi connectivity index (χ3n) is 3.30. The molecule has 108 valence electrons. The van der Waals surface area contributed by atoms with Crippen LogP contribution in [0.15, 0.2) is 36.9 Å². The lowest BCUT2D eigenvalue weighted by atomic mass is 10.1. The molecule has 0 aliphatic carbocycles. The summed E-state index contributed by atoms with van der Waals surface area (Å²) in [6.45, 7) is 5.02. The summed E-state index contributed by atoms with van der Waals surface area (Å²) in [5.41, 5.74) is 0.782. The molecule has 0 radical (unpaired) electrons. The van der Waals surface area contributed by atoms with Gasteiger partial charge in [-0.05, 0) is 38.3 Å². The van der Waals surface area contributed by atoms with Crippen molar-refractivity contribution >= 4 is 0 Å². The Morgan fingerprint density at radius 2 is 2.05 bits per heavy atom. The Balaban J connectivity index is 1.75. The zero-order valence-electron chi connectivity index (χ0n) is 12.0. The largest absolute Gasteiger partial charge is 0.310 e. The van der Waals surface area contributed by atoms with Gasteiger partial charge in [0.15, 0.2) is 0 Å². The minimum Gasteiger partial charge on any atom is -0.310 e. The summed E-state index contributed by atoms with van der Waals surface area (Å²) in [5, 5.41) is 7.58. The Bertz CT molecular complexity index is 512. The second-order valence-corrected chi connectivity index (χ2v) is 5.22. The van der Waals surface area contributed by atoms with E-state index < -0.39 is 0 Å². The van der Waals surface area contributed by atoms with Crippen LogP contribution in [0.1, 0.15) is 25.8 Å². The molecule has 0 amide bonds. The van der Waals surface area contributed by atoms with Crippen LogP contribution in [0.5, 0.6) is 0 Å². The molecule has 5 heteroatoms. The predicted molar refractivity (Wildman–Crippen MR) is 76.8 cm³/mol. The van der Waals surface area contributed by atoms with E-state index in [0.717, 1.165) is 24.9 Å². The first-order valence-corrected chi connectivity index (χ1v) is 6.97.